The van der Waals surface area contributed by atoms with Crippen molar-refractivity contribution in [3.63, 3.8) is 0 Å². The monoisotopic (exact) mass is 204 g/mol. The Balaban J connectivity index is 2.76. The van der Waals surface area contributed by atoms with E-state index in [4.69, 9.17) is 5.73 Å². The van der Waals surface area contributed by atoms with E-state index in [0.717, 1.165) is 23.4 Å². The van der Waals surface area contributed by atoms with Gasteiger partial charge >= 0.3 is 0 Å². The molecule has 1 aromatic carbocycles. The molecule has 2 nitrogen and oxygen atoms in total. The maximum atomic E-state index is 5.75. The van der Waals surface area contributed by atoms with Gasteiger partial charge in [0, 0.05) is 12.2 Å². The number of nitrogens with zero attached hydrogens (tertiary/aromatic N) is 1. The normalized spacial score (nSPS) is 12.8. The van der Waals surface area contributed by atoms with E-state index in [9.17, 15) is 0 Å². The van der Waals surface area contributed by atoms with Crippen LogP contribution in [-0.4, -0.2) is 25.5 Å². The van der Waals surface area contributed by atoms with Crippen LogP contribution in [0.15, 0.2) is 30.8 Å². The van der Waals surface area contributed by atoms with Crippen molar-refractivity contribution in [1.82, 2.24) is 4.90 Å². The average molecular weight is 204 g/mol. The molecule has 0 heterocycles. The van der Waals surface area contributed by atoms with Gasteiger partial charge in [-0.05, 0) is 43.3 Å². The second-order valence-corrected chi connectivity index (χ2v) is 4.31. The molecule has 0 aliphatic heterocycles. The van der Waals surface area contributed by atoms with E-state index in [1.807, 2.05) is 18.2 Å². The van der Waals surface area contributed by atoms with Gasteiger partial charge in [-0.15, -0.1) is 0 Å². The van der Waals surface area contributed by atoms with Gasteiger partial charge in [0.1, 0.15) is 0 Å². The highest BCUT2D eigenvalue weighted by molar-refractivity contribution is 5.67. The van der Waals surface area contributed by atoms with Crippen molar-refractivity contribution >= 4 is 11.3 Å². The van der Waals surface area contributed by atoms with Crippen molar-refractivity contribution in [3.05, 3.63) is 36.4 Å². The van der Waals surface area contributed by atoms with E-state index in [0.29, 0.717) is 5.92 Å². The van der Waals surface area contributed by atoms with Crippen LogP contribution in [0.5, 0.6) is 0 Å². The first-order valence-electron chi connectivity index (χ1n) is 5.20. The van der Waals surface area contributed by atoms with Crippen LogP contribution >= 0.6 is 0 Å². The standard InChI is InChI=1S/C13H20N2/c1-10(9-15(3)4)11(2)12-6-5-7-13(14)8-12/h5-8,10H,2,9,14H2,1,3-4H3/t10-/m0/s1. The number of hydrogen-bond acceptors (Lipinski definition) is 2. The summed E-state index contributed by atoms with van der Waals surface area (Å²) in [5.41, 5.74) is 8.84. The Labute approximate surface area is 92.4 Å². The molecule has 0 aliphatic rings. The zero-order valence-corrected chi connectivity index (χ0v) is 9.83. The Hall–Kier alpha value is -1.28. The predicted molar refractivity (Wildman–Crippen MR) is 67.6 cm³/mol. The first kappa shape index (κ1) is 11.8. The van der Waals surface area contributed by atoms with Gasteiger partial charge in [0.25, 0.3) is 0 Å². The summed E-state index contributed by atoms with van der Waals surface area (Å²) >= 11 is 0. The third kappa shape index (κ3) is 3.40. The summed E-state index contributed by atoms with van der Waals surface area (Å²) in [6.07, 6.45) is 0. The van der Waals surface area contributed by atoms with E-state index < -0.39 is 0 Å². The van der Waals surface area contributed by atoms with Crippen LogP contribution in [0.1, 0.15) is 12.5 Å². The number of nitrogens with two attached hydrogens (primary N) is 1. The van der Waals surface area contributed by atoms with Crippen molar-refractivity contribution in [1.29, 1.82) is 0 Å². The summed E-state index contributed by atoms with van der Waals surface area (Å²) in [6.45, 7) is 7.33. The fraction of sp³-hybridized carbons (Fsp3) is 0.385. The fourth-order valence-corrected chi connectivity index (χ4v) is 1.68. The molecule has 2 heteroatoms. The number of rotatable bonds is 4. The lowest BCUT2D eigenvalue weighted by molar-refractivity contribution is 0.376. The molecule has 0 aromatic heterocycles. The van der Waals surface area contributed by atoms with E-state index in [-0.39, 0.29) is 0 Å². The predicted octanol–water partition coefficient (Wildman–Crippen LogP) is 2.48. The van der Waals surface area contributed by atoms with Crippen LogP contribution in [0.25, 0.3) is 5.57 Å². The molecule has 0 aliphatic carbocycles. The zero-order chi connectivity index (χ0) is 11.4. The third-order valence-corrected chi connectivity index (χ3v) is 2.49. The molecule has 0 saturated carbocycles. The smallest absolute Gasteiger partial charge is 0.0320 e. The van der Waals surface area contributed by atoms with Gasteiger partial charge in [0.05, 0.1) is 0 Å². The molecule has 0 saturated heterocycles. The molecule has 0 amide bonds. The second-order valence-electron chi connectivity index (χ2n) is 4.31. The molecule has 0 bridgehead atoms. The Kier molecular flexibility index (Phi) is 3.92. The lowest BCUT2D eigenvalue weighted by atomic mass is 9.95. The number of benzene rings is 1. The van der Waals surface area contributed by atoms with Gasteiger partial charge in [-0.25, -0.2) is 0 Å². The Morgan fingerprint density at radius 2 is 2.13 bits per heavy atom. The molecule has 0 spiro atoms. The highest BCUT2D eigenvalue weighted by Crippen LogP contribution is 2.23. The fourth-order valence-electron chi connectivity index (χ4n) is 1.68. The van der Waals surface area contributed by atoms with Crippen molar-refractivity contribution < 1.29 is 0 Å². The van der Waals surface area contributed by atoms with E-state index in [2.05, 4.69) is 38.6 Å². The maximum Gasteiger partial charge on any atom is 0.0320 e. The number of anilines is 1. The minimum absolute atomic E-state index is 0.446. The summed E-state index contributed by atoms with van der Waals surface area (Å²) in [5.74, 6) is 0.446. The largest absolute Gasteiger partial charge is 0.399 e. The quantitative estimate of drug-likeness (QED) is 0.763. The highest BCUT2D eigenvalue weighted by atomic mass is 15.1. The SMILES string of the molecule is C=C(c1cccc(N)c1)[C@@H](C)CN(C)C. The molecular formula is C13H20N2. The summed E-state index contributed by atoms with van der Waals surface area (Å²) < 4.78 is 0. The number of nitrogen functional groups attached to an aromatic ring is 1. The lowest BCUT2D eigenvalue weighted by Gasteiger charge is -2.19. The van der Waals surface area contributed by atoms with Crippen LogP contribution in [0.3, 0.4) is 0 Å². The first-order chi connectivity index (χ1) is 7.00. The third-order valence-electron chi connectivity index (χ3n) is 2.49. The highest BCUT2D eigenvalue weighted by Gasteiger charge is 2.09. The second kappa shape index (κ2) is 4.99. The lowest BCUT2D eigenvalue weighted by Crippen LogP contribution is -2.20. The van der Waals surface area contributed by atoms with Crippen LogP contribution in [0, 0.1) is 5.92 Å². The molecule has 0 radical (unpaired) electrons. The molecule has 0 unspecified atom stereocenters. The van der Waals surface area contributed by atoms with Gasteiger partial charge < -0.3 is 10.6 Å². The zero-order valence-electron chi connectivity index (χ0n) is 9.83. The van der Waals surface area contributed by atoms with Gasteiger partial charge in [-0.3, -0.25) is 0 Å². The van der Waals surface area contributed by atoms with Crippen molar-refractivity contribution in [2.45, 2.75) is 6.92 Å². The minimum Gasteiger partial charge on any atom is -0.399 e. The van der Waals surface area contributed by atoms with Gasteiger partial charge in [0.2, 0.25) is 0 Å². The Morgan fingerprint density at radius 3 is 2.67 bits per heavy atom. The van der Waals surface area contributed by atoms with Crippen molar-refractivity contribution in [3.8, 4) is 0 Å². The molecular weight excluding hydrogens is 184 g/mol. The molecule has 0 fully saturated rings. The summed E-state index contributed by atoms with van der Waals surface area (Å²) in [7, 11) is 4.15. The topological polar surface area (TPSA) is 29.3 Å². The minimum atomic E-state index is 0.446. The molecule has 1 rings (SSSR count). The van der Waals surface area contributed by atoms with Gasteiger partial charge in [-0.1, -0.05) is 25.6 Å². The summed E-state index contributed by atoms with van der Waals surface area (Å²) in [5, 5.41) is 0. The van der Waals surface area contributed by atoms with Crippen molar-refractivity contribution in [2.75, 3.05) is 26.4 Å². The van der Waals surface area contributed by atoms with E-state index in [1.165, 1.54) is 0 Å². The van der Waals surface area contributed by atoms with Gasteiger partial charge in [0.15, 0.2) is 0 Å². The summed E-state index contributed by atoms with van der Waals surface area (Å²) in [6, 6.07) is 7.91. The Bertz CT molecular complexity index is 342. The van der Waals surface area contributed by atoms with E-state index in [1.54, 1.807) is 0 Å². The maximum absolute atomic E-state index is 5.75. The van der Waals surface area contributed by atoms with Crippen molar-refractivity contribution in [2.24, 2.45) is 5.92 Å². The molecule has 2 N–H and O–H groups in total. The first-order valence-corrected chi connectivity index (χ1v) is 5.20. The van der Waals surface area contributed by atoms with Gasteiger partial charge in [-0.2, -0.15) is 0 Å². The van der Waals surface area contributed by atoms with Crippen LogP contribution in [-0.2, 0) is 0 Å². The summed E-state index contributed by atoms with van der Waals surface area (Å²) in [4.78, 5) is 2.17. The van der Waals surface area contributed by atoms with Crippen LogP contribution < -0.4 is 5.73 Å². The van der Waals surface area contributed by atoms with Crippen LogP contribution in [0.2, 0.25) is 0 Å². The number of hydrogen-bond donors (Lipinski definition) is 1. The Morgan fingerprint density at radius 1 is 1.47 bits per heavy atom. The average Bonchev–Trinajstić information content (AvgIpc) is 2.15. The molecule has 1 atom stereocenters. The molecule has 15 heavy (non-hydrogen) atoms. The molecule has 1 aromatic rings. The van der Waals surface area contributed by atoms with Crippen LogP contribution in [0.4, 0.5) is 5.69 Å². The van der Waals surface area contributed by atoms with E-state index >= 15 is 0 Å². The molecule has 82 valence electrons.